The fraction of sp³-hybridized carbons (Fsp3) is 0.208. The molecule has 4 nitrogen and oxygen atoms in total. The van der Waals surface area contributed by atoms with Crippen molar-refractivity contribution in [1.82, 2.24) is 4.90 Å². The zero-order valence-corrected chi connectivity index (χ0v) is 19.5. The molecule has 0 unspecified atom stereocenters. The van der Waals surface area contributed by atoms with Gasteiger partial charge < -0.3 is 14.7 Å². The first kappa shape index (κ1) is 25.6. The molecule has 10 heteroatoms. The number of hydrogen-bond donors (Lipinski definition) is 1. The molecule has 180 valence electrons. The van der Waals surface area contributed by atoms with E-state index in [0.29, 0.717) is 29.3 Å². The molecule has 0 aliphatic rings. The third-order valence-electron chi connectivity index (χ3n) is 5.00. The second kappa shape index (κ2) is 10.1. The first-order valence-electron chi connectivity index (χ1n) is 9.86. The average Bonchev–Trinajstić information content (AvgIpc) is 2.75. The summed E-state index contributed by atoms with van der Waals surface area (Å²) < 4.78 is 59.1. The van der Waals surface area contributed by atoms with E-state index in [0.717, 1.165) is 0 Å². The van der Waals surface area contributed by atoms with Crippen LogP contribution in [0.2, 0.25) is 10.0 Å². The molecule has 0 spiro atoms. The SMILES string of the molecule is CN(C)C(=O)COc1cc(Cl)c(Cc2ccc(O)c(-c3cc(C(F)(F)F)ccc3F)c2)c(Cl)c1. The third kappa shape index (κ3) is 5.93. The van der Waals surface area contributed by atoms with Gasteiger partial charge in [0.25, 0.3) is 5.91 Å². The maximum absolute atomic E-state index is 14.4. The number of alkyl halides is 3. The molecule has 0 aromatic heterocycles. The number of benzene rings is 3. The summed E-state index contributed by atoms with van der Waals surface area (Å²) in [5.74, 6) is -1.26. The van der Waals surface area contributed by atoms with Gasteiger partial charge >= 0.3 is 6.18 Å². The molecule has 34 heavy (non-hydrogen) atoms. The highest BCUT2D eigenvalue weighted by Crippen LogP contribution is 2.38. The van der Waals surface area contributed by atoms with Gasteiger partial charge in [-0.1, -0.05) is 29.3 Å². The lowest BCUT2D eigenvalue weighted by Gasteiger charge is -2.15. The molecule has 3 rings (SSSR count). The number of phenols is 1. The maximum Gasteiger partial charge on any atom is 0.416 e. The predicted octanol–water partition coefficient (Wildman–Crippen LogP) is 6.58. The van der Waals surface area contributed by atoms with Gasteiger partial charge in [0.1, 0.15) is 17.3 Å². The molecule has 0 saturated carbocycles. The molecular formula is C24H19Cl2F4NO3. The number of halogens is 6. The fourth-order valence-corrected chi connectivity index (χ4v) is 3.73. The molecule has 0 fully saturated rings. The fourth-order valence-electron chi connectivity index (χ4n) is 3.13. The van der Waals surface area contributed by atoms with Crippen LogP contribution in [0.15, 0.2) is 48.5 Å². The van der Waals surface area contributed by atoms with Gasteiger partial charge in [-0.25, -0.2) is 4.39 Å². The van der Waals surface area contributed by atoms with Crippen molar-refractivity contribution in [2.24, 2.45) is 0 Å². The van der Waals surface area contributed by atoms with Crippen LogP contribution in [-0.4, -0.2) is 36.6 Å². The van der Waals surface area contributed by atoms with Gasteiger partial charge in [-0.05, 0) is 53.6 Å². The van der Waals surface area contributed by atoms with E-state index in [4.69, 9.17) is 27.9 Å². The molecule has 0 bridgehead atoms. The second-order valence-corrected chi connectivity index (χ2v) is 8.48. The quantitative estimate of drug-likeness (QED) is 0.377. The van der Waals surface area contributed by atoms with E-state index in [1.807, 2.05) is 0 Å². The number of carbonyl (C=O) groups is 1. The number of hydrogen-bond acceptors (Lipinski definition) is 3. The van der Waals surface area contributed by atoms with Crippen LogP contribution >= 0.6 is 23.2 Å². The Morgan fingerprint density at radius 3 is 2.24 bits per heavy atom. The number of likely N-dealkylation sites (N-methyl/N-ethyl adjacent to an activating group) is 1. The van der Waals surface area contributed by atoms with Gasteiger partial charge in [0, 0.05) is 41.7 Å². The van der Waals surface area contributed by atoms with Gasteiger partial charge in [-0.15, -0.1) is 0 Å². The van der Waals surface area contributed by atoms with Crippen molar-refractivity contribution in [3.05, 3.63) is 81.1 Å². The van der Waals surface area contributed by atoms with Crippen LogP contribution < -0.4 is 4.74 Å². The minimum absolute atomic E-state index is 0.101. The molecule has 1 N–H and O–H groups in total. The normalized spacial score (nSPS) is 11.4. The predicted molar refractivity (Wildman–Crippen MR) is 122 cm³/mol. The third-order valence-corrected chi connectivity index (χ3v) is 5.68. The number of phenolic OH excluding ortho intramolecular Hbond substituents is 1. The molecule has 0 saturated heterocycles. The largest absolute Gasteiger partial charge is 0.507 e. The Labute approximate surface area is 203 Å². The number of aromatic hydroxyl groups is 1. The van der Waals surface area contributed by atoms with Crippen molar-refractivity contribution in [2.45, 2.75) is 12.6 Å². The Hall–Kier alpha value is -2.97. The maximum atomic E-state index is 14.4. The Balaban J connectivity index is 1.91. The van der Waals surface area contributed by atoms with E-state index < -0.39 is 17.6 Å². The number of ether oxygens (including phenoxy) is 1. The van der Waals surface area contributed by atoms with Crippen molar-refractivity contribution < 1.29 is 32.2 Å². The van der Waals surface area contributed by atoms with Gasteiger partial charge in [0.05, 0.1) is 5.56 Å². The van der Waals surface area contributed by atoms with Crippen molar-refractivity contribution in [1.29, 1.82) is 0 Å². The van der Waals surface area contributed by atoms with E-state index >= 15 is 0 Å². The first-order chi connectivity index (χ1) is 15.9. The molecule has 0 heterocycles. The highest BCUT2D eigenvalue weighted by atomic mass is 35.5. The summed E-state index contributed by atoms with van der Waals surface area (Å²) >= 11 is 12.7. The van der Waals surface area contributed by atoms with Crippen molar-refractivity contribution in [3.63, 3.8) is 0 Å². The summed E-state index contributed by atoms with van der Waals surface area (Å²) in [6.07, 6.45) is -4.53. The summed E-state index contributed by atoms with van der Waals surface area (Å²) in [4.78, 5) is 13.1. The van der Waals surface area contributed by atoms with Gasteiger partial charge in [0.2, 0.25) is 0 Å². The number of carbonyl (C=O) groups excluding carboxylic acids is 1. The Morgan fingerprint density at radius 1 is 1.00 bits per heavy atom. The summed E-state index contributed by atoms with van der Waals surface area (Å²) in [5.41, 5.74) is -0.528. The van der Waals surface area contributed by atoms with E-state index in [9.17, 15) is 27.5 Å². The Bertz CT molecular complexity index is 1210. The van der Waals surface area contributed by atoms with Crippen molar-refractivity contribution >= 4 is 29.1 Å². The average molecular weight is 516 g/mol. The topological polar surface area (TPSA) is 49.8 Å². The molecule has 3 aromatic rings. The zero-order valence-electron chi connectivity index (χ0n) is 18.0. The van der Waals surface area contributed by atoms with Crippen LogP contribution in [0.5, 0.6) is 11.5 Å². The molecular weight excluding hydrogens is 497 g/mol. The van der Waals surface area contributed by atoms with Crippen LogP contribution in [-0.2, 0) is 17.4 Å². The Morgan fingerprint density at radius 2 is 1.65 bits per heavy atom. The number of amides is 1. The highest BCUT2D eigenvalue weighted by Gasteiger charge is 2.31. The van der Waals surface area contributed by atoms with E-state index in [2.05, 4.69) is 0 Å². The lowest BCUT2D eigenvalue weighted by molar-refractivity contribution is -0.137. The van der Waals surface area contributed by atoms with Gasteiger partial charge in [0.15, 0.2) is 6.61 Å². The number of nitrogens with zero attached hydrogens (tertiary/aromatic N) is 1. The molecule has 1 amide bonds. The molecule has 0 atom stereocenters. The van der Waals surface area contributed by atoms with Crippen LogP contribution in [0.3, 0.4) is 0 Å². The number of rotatable bonds is 6. The summed E-state index contributed by atoms with van der Waals surface area (Å²) in [7, 11) is 3.18. The summed E-state index contributed by atoms with van der Waals surface area (Å²) in [5, 5.41) is 10.7. The second-order valence-electron chi connectivity index (χ2n) is 7.66. The summed E-state index contributed by atoms with van der Waals surface area (Å²) in [6.45, 7) is -0.205. The molecule has 0 radical (unpaired) electrons. The lowest BCUT2D eigenvalue weighted by atomic mass is 9.96. The monoisotopic (exact) mass is 515 g/mol. The van der Waals surface area contributed by atoms with E-state index in [1.54, 1.807) is 14.1 Å². The van der Waals surface area contributed by atoms with E-state index in [1.165, 1.54) is 35.2 Å². The van der Waals surface area contributed by atoms with Crippen molar-refractivity contribution in [2.75, 3.05) is 20.7 Å². The Kier molecular flexibility index (Phi) is 7.63. The standard InChI is InChI=1S/C24H19Cl2F4NO3/c1-31(2)23(33)12-34-15-10-19(25)18(20(26)11-15)8-13-3-6-22(32)17(7-13)16-9-14(24(28,29)30)4-5-21(16)27/h3-7,9-11,32H,8,12H2,1-2H3. The highest BCUT2D eigenvalue weighted by molar-refractivity contribution is 6.36. The van der Waals surface area contributed by atoms with Crippen LogP contribution in [0, 0.1) is 5.82 Å². The van der Waals surface area contributed by atoms with E-state index in [-0.39, 0.29) is 51.6 Å². The molecule has 0 aliphatic heterocycles. The molecule has 0 aliphatic carbocycles. The summed E-state index contributed by atoms with van der Waals surface area (Å²) in [6, 6.07) is 9.12. The van der Waals surface area contributed by atoms with Gasteiger partial charge in [-0.2, -0.15) is 13.2 Å². The molecule has 3 aromatic carbocycles. The zero-order chi connectivity index (χ0) is 25.2. The smallest absolute Gasteiger partial charge is 0.416 e. The van der Waals surface area contributed by atoms with Gasteiger partial charge in [-0.3, -0.25) is 4.79 Å². The van der Waals surface area contributed by atoms with Crippen LogP contribution in [0.4, 0.5) is 17.6 Å². The minimum atomic E-state index is -4.67. The van der Waals surface area contributed by atoms with Crippen LogP contribution in [0.25, 0.3) is 11.1 Å². The lowest BCUT2D eigenvalue weighted by Crippen LogP contribution is -2.27. The van der Waals surface area contributed by atoms with Crippen LogP contribution in [0.1, 0.15) is 16.7 Å². The van der Waals surface area contributed by atoms with Crippen molar-refractivity contribution in [3.8, 4) is 22.6 Å². The first-order valence-corrected chi connectivity index (χ1v) is 10.6. The minimum Gasteiger partial charge on any atom is -0.507 e.